The van der Waals surface area contributed by atoms with Gasteiger partial charge in [-0.3, -0.25) is 0 Å². The molecule has 2 aromatic carbocycles. The number of hydrogen-bond donors (Lipinski definition) is 2. The van der Waals surface area contributed by atoms with E-state index in [1.807, 2.05) is 49.4 Å². The lowest BCUT2D eigenvalue weighted by Gasteiger charge is -2.11. The van der Waals surface area contributed by atoms with Crippen LogP contribution >= 0.6 is 23.2 Å². The van der Waals surface area contributed by atoms with Crippen LogP contribution in [-0.2, 0) is 6.54 Å². The van der Waals surface area contributed by atoms with Crippen LogP contribution in [0.25, 0.3) is 0 Å². The molecule has 0 saturated carbocycles. The van der Waals surface area contributed by atoms with Crippen LogP contribution in [0, 0.1) is 6.92 Å². The number of anilines is 1. The summed E-state index contributed by atoms with van der Waals surface area (Å²) in [6, 6.07) is 13.8. The monoisotopic (exact) mass is 308 g/mol. The summed E-state index contributed by atoms with van der Waals surface area (Å²) in [5.41, 5.74) is 3.28. The van der Waals surface area contributed by atoms with Crippen LogP contribution < -0.4 is 10.6 Å². The zero-order chi connectivity index (χ0) is 14.4. The topological polar surface area (TPSA) is 24.1 Å². The highest BCUT2D eigenvalue weighted by atomic mass is 35.5. The predicted molar refractivity (Wildman–Crippen MR) is 87.8 cm³/mol. The van der Waals surface area contributed by atoms with E-state index in [1.165, 1.54) is 0 Å². The highest BCUT2D eigenvalue weighted by Gasteiger charge is 2.01. The standard InChI is InChI=1S/C16H18Cl2N2/c1-12-14(17)7-4-8-16(12)20-10-9-19-11-13-5-2-3-6-15(13)18/h2-8,19-20H,9-11H2,1H3. The third kappa shape index (κ3) is 4.14. The fraction of sp³-hybridized carbons (Fsp3) is 0.250. The Labute approximate surface area is 130 Å². The zero-order valence-corrected chi connectivity index (χ0v) is 12.9. The lowest BCUT2D eigenvalue weighted by Crippen LogP contribution is -2.22. The third-order valence-corrected chi connectivity index (χ3v) is 3.94. The second-order valence-electron chi connectivity index (χ2n) is 4.61. The number of benzene rings is 2. The second-order valence-corrected chi connectivity index (χ2v) is 5.42. The molecule has 0 aliphatic carbocycles. The van der Waals surface area contributed by atoms with Crippen molar-refractivity contribution in [2.75, 3.05) is 18.4 Å². The van der Waals surface area contributed by atoms with Gasteiger partial charge in [-0.1, -0.05) is 47.5 Å². The highest BCUT2D eigenvalue weighted by Crippen LogP contribution is 2.22. The van der Waals surface area contributed by atoms with Crippen LogP contribution in [0.3, 0.4) is 0 Å². The first-order chi connectivity index (χ1) is 9.68. The highest BCUT2D eigenvalue weighted by molar-refractivity contribution is 6.31. The molecular formula is C16H18Cl2N2. The first-order valence-electron chi connectivity index (χ1n) is 6.61. The summed E-state index contributed by atoms with van der Waals surface area (Å²) in [7, 11) is 0. The normalized spacial score (nSPS) is 10.6. The Morgan fingerprint density at radius 2 is 1.65 bits per heavy atom. The number of hydrogen-bond acceptors (Lipinski definition) is 2. The van der Waals surface area contributed by atoms with E-state index in [9.17, 15) is 0 Å². The van der Waals surface area contributed by atoms with Gasteiger partial charge in [0.2, 0.25) is 0 Å². The molecule has 0 atom stereocenters. The molecule has 0 aromatic heterocycles. The Morgan fingerprint density at radius 3 is 2.45 bits per heavy atom. The van der Waals surface area contributed by atoms with E-state index in [-0.39, 0.29) is 0 Å². The molecule has 0 fully saturated rings. The molecule has 2 N–H and O–H groups in total. The van der Waals surface area contributed by atoms with Gasteiger partial charge < -0.3 is 10.6 Å². The van der Waals surface area contributed by atoms with Gasteiger partial charge in [-0.25, -0.2) is 0 Å². The van der Waals surface area contributed by atoms with E-state index in [1.54, 1.807) is 0 Å². The maximum atomic E-state index is 6.10. The van der Waals surface area contributed by atoms with Crippen molar-refractivity contribution >= 4 is 28.9 Å². The first kappa shape index (κ1) is 15.2. The molecule has 2 rings (SSSR count). The molecule has 2 aromatic rings. The lowest BCUT2D eigenvalue weighted by molar-refractivity contribution is 0.707. The maximum absolute atomic E-state index is 6.10. The van der Waals surface area contributed by atoms with Gasteiger partial charge in [0.05, 0.1) is 0 Å². The van der Waals surface area contributed by atoms with Crippen LogP contribution in [0.2, 0.25) is 10.0 Å². The molecular weight excluding hydrogens is 291 g/mol. The smallest absolute Gasteiger partial charge is 0.0455 e. The molecule has 0 radical (unpaired) electrons. The molecule has 0 saturated heterocycles. The summed E-state index contributed by atoms with van der Waals surface area (Å²) in [5, 5.41) is 8.34. The van der Waals surface area contributed by atoms with Crippen molar-refractivity contribution in [1.82, 2.24) is 5.32 Å². The van der Waals surface area contributed by atoms with Gasteiger partial charge in [-0.15, -0.1) is 0 Å². The minimum atomic E-state index is 0.774. The molecule has 0 aliphatic rings. The molecule has 20 heavy (non-hydrogen) atoms. The predicted octanol–water partition coefficient (Wildman–Crippen LogP) is 4.50. The molecule has 2 nitrogen and oxygen atoms in total. The van der Waals surface area contributed by atoms with Crippen LogP contribution in [-0.4, -0.2) is 13.1 Å². The molecule has 0 spiro atoms. The van der Waals surface area contributed by atoms with E-state index in [0.717, 1.165) is 46.5 Å². The second kappa shape index (κ2) is 7.53. The fourth-order valence-corrected chi connectivity index (χ4v) is 2.33. The largest absolute Gasteiger partial charge is 0.384 e. The van der Waals surface area contributed by atoms with E-state index in [2.05, 4.69) is 10.6 Å². The zero-order valence-electron chi connectivity index (χ0n) is 11.4. The average molecular weight is 309 g/mol. The van der Waals surface area contributed by atoms with Gasteiger partial charge in [-0.2, -0.15) is 0 Å². The summed E-state index contributed by atoms with van der Waals surface area (Å²) < 4.78 is 0. The summed E-state index contributed by atoms with van der Waals surface area (Å²) in [6.07, 6.45) is 0. The Bertz CT molecular complexity index is 570. The van der Waals surface area contributed by atoms with E-state index >= 15 is 0 Å². The first-order valence-corrected chi connectivity index (χ1v) is 7.37. The van der Waals surface area contributed by atoms with Gasteiger partial charge in [0, 0.05) is 35.4 Å². The van der Waals surface area contributed by atoms with Gasteiger partial charge in [0.15, 0.2) is 0 Å². The Balaban J connectivity index is 1.75. The van der Waals surface area contributed by atoms with Crippen LogP contribution in [0.15, 0.2) is 42.5 Å². The van der Waals surface area contributed by atoms with Crippen molar-refractivity contribution < 1.29 is 0 Å². The summed E-state index contributed by atoms with van der Waals surface area (Å²) >= 11 is 12.2. The lowest BCUT2D eigenvalue weighted by atomic mass is 10.2. The molecule has 0 bridgehead atoms. The number of rotatable bonds is 6. The summed E-state index contributed by atoms with van der Waals surface area (Å²) in [6.45, 7) is 4.49. The van der Waals surface area contributed by atoms with Crippen LogP contribution in [0.5, 0.6) is 0 Å². The SMILES string of the molecule is Cc1c(Cl)cccc1NCCNCc1ccccc1Cl. The fourth-order valence-electron chi connectivity index (χ4n) is 1.95. The Kier molecular flexibility index (Phi) is 5.72. The Hall–Kier alpha value is -1.22. The van der Waals surface area contributed by atoms with Crippen molar-refractivity contribution in [2.45, 2.75) is 13.5 Å². The van der Waals surface area contributed by atoms with E-state index in [4.69, 9.17) is 23.2 Å². The summed E-state index contributed by atoms with van der Waals surface area (Å²) in [4.78, 5) is 0. The quantitative estimate of drug-likeness (QED) is 0.768. The van der Waals surface area contributed by atoms with Gasteiger partial charge >= 0.3 is 0 Å². The van der Waals surface area contributed by atoms with Crippen LogP contribution in [0.4, 0.5) is 5.69 Å². The van der Waals surface area contributed by atoms with Crippen molar-refractivity contribution in [1.29, 1.82) is 0 Å². The Morgan fingerprint density at radius 1 is 0.900 bits per heavy atom. The van der Waals surface area contributed by atoms with Crippen LogP contribution in [0.1, 0.15) is 11.1 Å². The summed E-state index contributed by atoms with van der Waals surface area (Å²) in [5.74, 6) is 0. The van der Waals surface area contributed by atoms with E-state index < -0.39 is 0 Å². The van der Waals surface area contributed by atoms with Crippen molar-refractivity contribution in [2.24, 2.45) is 0 Å². The number of nitrogens with one attached hydrogen (secondary N) is 2. The van der Waals surface area contributed by atoms with Crippen molar-refractivity contribution in [3.63, 3.8) is 0 Å². The molecule has 0 amide bonds. The molecule has 0 heterocycles. The molecule has 0 aliphatic heterocycles. The minimum absolute atomic E-state index is 0.774. The number of halogens is 2. The van der Waals surface area contributed by atoms with Gasteiger partial charge in [-0.05, 0) is 36.2 Å². The molecule has 0 unspecified atom stereocenters. The van der Waals surface area contributed by atoms with Gasteiger partial charge in [0.25, 0.3) is 0 Å². The van der Waals surface area contributed by atoms with Crippen molar-refractivity contribution in [3.8, 4) is 0 Å². The van der Waals surface area contributed by atoms with Gasteiger partial charge in [0.1, 0.15) is 0 Å². The average Bonchev–Trinajstić information content (AvgIpc) is 2.45. The third-order valence-electron chi connectivity index (χ3n) is 3.16. The van der Waals surface area contributed by atoms with E-state index in [0.29, 0.717) is 0 Å². The minimum Gasteiger partial charge on any atom is -0.384 e. The molecule has 106 valence electrons. The maximum Gasteiger partial charge on any atom is 0.0455 e. The molecule has 4 heteroatoms. The van der Waals surface area contributed by atoms with Crippen molar-refractivity contribution in [3.05, 3.63) is 63.6 Å².